The zero-order chi connectivity index (χ0) is 17.3. The van der Waals surface area contributed by atoms with Gasteiger partial charge in [0, 0.05) is 11.8 Å². The molecular weight excluding hydrogens is 288 g/mol. The van der Waals surface area contributed by atoms with Gasteiger partial charge < -0.3 is 9.84 Å². The summed E-state index contributed by atoms with van der Waals surface area (Å²) in [6, 6.07) is 0. The van der Waals surface area contributed by atoms with Crippen molar-refractivity contribution >= 4 is 5.78 Å². The Hall–Kier alpha value is -0.670. The van der Waals surface area contributed by atoms with Crippen LogP contribution < -0.4 is 0 Å². The Morgan fingerprint density at radius 2 is 1.83 bits per heavy atom. The first-order valence-electron chi connectivity index (χ1n) is 9.04. The predicted molar refractivity (Wildman–Crippen MR) is 91.1 cm³/mol. The van der Waals surface area contributed by atoms with Gasteiger partial charge in [-0.15, -0.1) is 6.58 Å². The Morgan fingerprint density at radius 1 is 1.17 bits per heavy atom. The monoisotopic (exact) mass is 320 g/mol. The molecule has 5 atom stereocenters. The highest BCUT2D eigenvalue weighted by molar-refractivity contribution is 5.91. The number of ketones is 1. The zero-order valence-corrected chi connectivity index (χ0v) is 15.4. The van der Waals surface area contributed by atoms with E-state index in [0.717, 1.165) is 25.7 Å². The van der Waals surface area contributed by atoms with E-state index in [1.165, 1.54) is 6.42 Å². The number of fused-ring (bicyclic) bond motifs is 3. The quantitative estimate of drug-likeness (QED) is 0.742. The molecule has 2 saturated carbocycles. The Labute approximate surface area is 140 Å². The van der Waals surface area contributed by atoms with Crippen molar-refractivity contribution in [1.82, 2.24) is 0 Å². The molecule has 2 aliphatic carbocycles. The Bertz CT molecular complexity index is 553. The predicted octanol–water partition coefficient (Wildman–Crippen LogP) is 4.04. The van der Waals surface area contributed by atoms with E-state index in [1.807, 2.05) is 13.8 Å². The van der Waals surface area contributed by atoms with Crippen molar-refractivity contribution in [3.63, 3.8) is 0 Å². The molecule has 1 aliphatic heterocycles. The van der Waals surface area contributed by atoms with Gasteiger partial charge in [0.1, 0.15) is 5.60 Å². The second-order valence-electron chi connectivity index (χ2n) is 9.51. The van der Waals surface area contributed by atoms with E-state index in [2.05, 4.69) is 27.4 Å². The average molecular weight is 320 g/mol. The fourth-order valence-corrected chi connectivity index (χ4v) is 6.32. The number of hydrogen-bond donors (Lipinski definition) is 1. The molecule has 3 nitrogen and oxygen atoms in total. The van der Waals surface area contributed by atoms with Gasteiger partial charge >= 0.3 is 0 Å². The third kappa shape index (κ3) is 1.99. The van der Waals surface area contributed by atoms with Crippen molar-refractivity contribution in [3.05, 3.63) is 12.7 Å². The van der Waals surface area contributed by atoms with Gasteiger partial charge in [-0.25, -0.2) is 0 Å². The normalized spacial score (nSPS) is 52.4. The van der Waals surface area contributed by atoms with Crippen LogP contribution in [0.3, 0.4) is 0 Å². The van der Waals surface area contributed by atoms with Crippen LogP contribution in [0.5, 0.6) is 0 Å². The lowest BCUT2D eigenvalue weighted by molar-refractivity contribution is -0.307. The number of ether oxygens (including phenoxy) is 1. The molecule has 1 saturated heterocycles. The Balaban J connectivity index is 2.12. The molecule has 1 N–H and O–H groups in total. The van der Waals surface area contributed by atoms with Gasteiger partial charge in [-0.05, 0) is 50.9 Å². The number of rotatable bonds is 1. The first kappa shape index (κ1) is 17.2. The fourth-order valence-electron chi connectivity index (χ4n) is 6.32. The van der Waals surface area contributed by atoms with Crippen LogP contribution in [0.4, 0.5) is 0 Å². The maximum absolute atomic E-state index is 13.2. The molecule has 0 radical (unpaired) electrons. The molecule has 0 amide bonds. The zero-order valence-electron chi connectivity index (χ0n) is 15.4. The molecule has 3 rings (SSSR count). The number of carbonyl (C=O) groups is 1. The topological polar surface area (TPSA) is 46.5 Å². The standard InChI is InChI=1S/C20H32O3/c1-7-17(4)13-15(21)20(22)18(5)11-8-10-16(2,3)14(18)9-12-19(20,6)23-17/h7,14,22H,1,8-13H2,2-6H3. The smallest absolute Gasteiger partial charge is 0.171 e. The minimum Gasteiger partial charge on any atom is -0.378 e. The molecule has 1 heterocycles. The lowest BCUT2D eigenvalue weighted by Gasteiger charge is -2.67. The van der Waals surface area contributed by atoms with Gasteiger partial charge in [0.25, 0.3) is 0 Å². The molecule has 5 unspecified atom stereocenters. The van der Waals surface area contributed by atoms with Gasteiger partial charge in [0.05, 0.1) is 5.60 Å². The molecule has 0 aromatic rings. The lowest BCUT2D eigenvalue weighted by Crippen LogP contribution is -2.77. The van der Waals surface area contributed by atoms with Crippen molar-refractivity contribution in [2.45, 2.75) is 89.9 Å². The van der Waals surface area contributed by atoms with E-state index >= 15 is 0 Å². The van der Waals surface area contributed by atoms with Crippen LogP contribution in [0.15, 0.2) is 12.7 Å². The fraction of sp³-hybridized carbons (Fsp3) is 0.850. The summed E-state index contributed by atoms with van der Waals surface area (Å²) in [6.45, 7) is 14.4. The molecule has 0 aromatic carbocycles. The first-order valence-corrected chi connectivity index (χ1v) is 9.04. The van der Waals surface area contributed by atoms with Crippen molar-refractivity contribution in [3.8, 4) is 0 Å². The number of carbonyl (C=O) groups excluding carboxylic acids is 1. The molecule has 0 aromatic heterocycles. The van der Waals surface area contributed by atoms with E-state index in [-0.39, 0.29) is 17.6 Å². The number of aliphatic hydroxyl groups is 1. The molecule has 0 bridgehead atoms. The van der Waals surface area contributed by atoms with Crippen molar-refractivity contribution in [2.75, 3.05) is 0 Å². The molecule has 3 aliphatic rings. The van der Waals surface area contributed by atoms with Crippen molar-refractivity contribution < 1.29 is 14.6 Å². The van der Waals surface area contributed by atoms with Crippen molar-refractivity contribution in [2.24, 2.45) is 16.7 Å². The molecule has 130 valence electrons. The minimum absolute atomic E-state index is 0.0569. The number of hydrogen-bond acceptors (Lipinski definition) is 3. The third-order valence-electron chi connectivity index (χ3n) is 7.54. The summed E-state index contributed by atoms with van der Waals surface area (Å²) in [5.41, 5.74) is -3.16. The Kier molecular flexibility index (Phi) is 3.50. The second-order valence-corrected chi connectivity index (χ2v) is 9.51. The molecule has 3 heteroatoms. The van der Waals surface area contributed by atoms with Crippen LogP contribution in [0.25, 0.3) is 0 Å². The summed E-state index contributed by atoms with van der Waals surface area (Å²) in [7, 11) is 0. The van der Waals surface area contributed by atoms with Gasteiger partial charge in [-0.1, -0.05) is 33.3 Å². The van der Waals surface area contributed by atoms with E-state index in [1.54, 1.807) is 6.08 Å². The minimum atomic E-state index is -1.40. The van der Waals surface area contributed by atoms with E-state index in [0.29, 0.717) is 5.92 Å². The highest BCUT2D eigenvalue weighted by Crippen LogP contribution is 2.66. The van der Waals surface area contributed by atoms with E-state index < -0.39 is 22.2 Å². The molecule has 0 spiro atoms. The van der Waals surface area contributed by atoms with Crippen LogP contribution >= 0.6 is 0 Å². The van der Waals surface area contributed by atoms with Crippen LogP contribution in [-0.4, -0.2) is 27.7 Å². The Morgan fingerprint density at radius 3 is 2.43 bits per heavy atom. The molecular formula is C20H32O3. The highest BCUT2D eigenvalue weighted by Gasteiger charge is 2.73. The third-order valence-corrected chi connectivity index (χ3v) is 7.54. The summed E-state index contributed by atoms with van der Waals surface area (Å²) in [5.74, 6) is 0.293. The van der Waals surface area contributed by atoms with Crippen molar-refractivity contribution in [1.29, 1.82) is 0 Å². The van der Waals surface area contributed by atoms with Crippen LogP contribution in [0, 0.1) is 16.7 Å². The summed E-state index contributed by atoms with van der Waals surface area (Å²) >= 11 is 0. The molecule has 3 fully saturated rings. The van der Waals surface area contributed by atoms with Crippen LogP contribution in [0.2, 0.25) is 0 Å². The lowest BCUT2D eigenvalue weighted by atomic mass is 9.42. The molecule has 23 heavy (non-hydrogen) atoms. The van der Waals surface area contributed by atoms with E-state index in [9.17, 15) is 9.90 Å². The SMILES string of the molecule is C=CC1(C)CC(=O)C2(O)C(C)(CCC3C(C)(C)CCCC32C)O1. The van der Waals surface area contributed by atoms with Gasteiger partial charge in [-0.2, -0.15) is 0 Å². The maximum atomic E-state index is 13.2. The van der Waals surface area contributed by atoms with Crippen LogP contribution in [0.1, 0.15) is 73.1 Å². The summed E-state index contributed by atoms with van der Waals surface area (Å²) in [4.78, 5) is 13.2. The van der Waals surface area contributed by atoms with Gasteiger partial charge in [0.15, 0.2) is 11.4 Å². The number of Topliss-reactive ketones (excluding diaryl/α,β-unsaturated/α-hetero) is 1. The highest BCUT2D eigenvalue weighted by atomic mass is 16.5. The second kappa shape index (κ2) is 4.70. The largest absolute Gasteiger partial charge is 0.378 e. The van der Waals surface area contributed by atoms with Gasteiger partial charge in [0.2, 0.25) is 0 Å². The maximum Gasteiger partial charge on any atom is 0.171 e. The summed E-state index contributed by atoms with van der Waals surface area (Å²) in [6.07, 6.45) is 6.78. The first-order chi connectivity index (χ1) is 10.4. The summed E-state index contributed by atoms with van der Waals surface area (Å²) < 4.78 is 6.38. The average Bonchev–Trinajstić information content (AvgIpc) is 2.42. The van der Waals surface area contributed by atoms with Crippen LogP contribution in [-0.2, 0) is 9.53 Å². The van der Waals surface area contributed by atoms with Gasteiger partial charge in [-0.3, -0.25) is 4.79 Å². The summed E-state index contributed by atoms with van der Waals surface area (Å²) in [5, 5.41) is 11.8. The van der Waals surface area contributed by atoms with E-state index in [4.69, 9.17) is 4.74 Å².